The zero-order valence-corrected chi connectivity index (χ0v) is 20.2. The van der Waals surface area contributed by atoms with Crippen LogP contribution in [0.5, 0.6) is 0 Å². The van der Waals surface area contributed by atoms with E-state index < -0.39 is 0 Å². The highest BCUT2D eigenvalue weighted by Crippen LogP contribution is 2.19. The molecule has 0 atom stereocenters. The molecule has 2 N–H and O–H groups in total. The van der Waals surface area contributed by atoms with Crippen LogP contribution in [0.2, 0.25) is 0 Å². The number of fused-ring (bicyclic) bond motifs is 1. The topological polar surface area (TPSA) is 65.7 Å². The number of hydrogen-bond acceptors (Lipinski definition) is 4. The normalized spacial score (nSPS) is 13.9. The highest BCUT2D eigenvalue weighted by Gasteiger charge is 2.15. The smallest absolute Gasteiger partial charge is 0.226 e. The first kappa shape index (κ1) is 23.3. The summed E-state index contributed by atoms with van der Waals surface area (Å²) in [6.07, 6.45) is 3.91. The minimum Gasteiger partial charge on any atom is -0.444 e. The number of oxazole rings is 1. The number of nitrogens with one attached hydrogen (secondary N) is 2. The van der Waals surface area contributed by atoms with Crippen LogP contribution in [0.3, 0.4) is 0 Å². The number of aromatic nitrogens is 1. The van der Waals surface area contributed by atoms with E-state index in [2.05, 4.69) is 49.8 Å². The highest BCUT2D eigenvalue weighted by atomic mass is 127. The Morgan fingerprint density at radius 2 is 1.84 bits per heavy atom. The Labute approximate surface area is 201 Å². The lowest BCUT2D eigenvalue weighted by molar-refractivity contribution is 0.251. The van der Waals surface area contributed by atoms with Gasteiger partial charge < -0.3 is 15.1 Å². The largest absolute Gasteiger partial charge is 0.444 e. The summed E-state index contributed by atoms with van der Waals surface area (Å²) < 4.78 is 5.59. The van der Waals surface area contributed by atoms with Gasteiger partial charge in [-0.2, -0.15) is 0 Å². The fourth-order valence-corrected chi connectivity index (χ4v) is 3.75. The molecule has 0 saturated carbocycles. The molecule has 164 valence electrons. The van der Waals surface area contributed by atoms with Crippen molar-refractivity contribution in [2.24, 2.45) is 4.99 Å². The Morgan fingerprint density at radius 3 is 2.65 bits per heavy atom. The van der Waals surface area contributed by atoms with Crippen molar-refractivity contribution in [1.82, 2.24) is 20.5 Å². The molecule has 2 heterocycles. The first-order chi connectivity index (χ1) is 14.8. The number of halogens is 1. The van der Waals surface area contributed by atoms with Gasteiger partial charge in [-0.15, -0.1) is 24.0 Å². The molecule has 0 radical (unpaired) electrons. The van der Waals surface area contributed by atoms with Gasteiger partial charge in [-0.05, 0) is 36.1 Å². The van der Waals surface area contributed by atoms with Crippen LogP contribution in [0.25, 0.3) is 11.5 Å². The molecule has 31 heavy (non-hydrogen) atoms. The first-order valence-corrected chi connectivity index (χ1v) is 10.6. The molecule has 0 amide bonds. The summed E-state index contributed by atoms with van der Waals surface area (Å²) in [7, 11) is 1.79. The van der Waals surface area contributed by atoms with Gasteiger partial charge in [0.15, 0.2) is 5.96 Å². The third-order valence-corrected chi connectivity index (χ3v) is 5.39. The molecule has 6 nitrogen and oxygen atoms in total. The van der Waals surface area contributed by atoms with Gasteiger partial charge in [-0.3, -0.25) is 9.89 Å². The number of guanidine groups is 1. The Morgan fingerprint density at radius 1 is 1.06 bits per heavy atom. The van der Waals surface area contributed by atoms with E-state index in [1.165, 1.54) is 11.1 Å². The summed E-state index contributed by atoms with van der Waals surface area (Å²) in [4.78, 5) is 11.4. The Bertz CT molecular complexity index is 973. The van der Waals surface area contributed by atoms with E-state index in [9.17, 15) is 0 Å². The van der Waals surface area contributed by atoms with Crippen molar-refractivity contribution in [1.29, 1.82) is 0 Å². The van der Waals surface area contributed by atoms with Gasteiger partial charge in [0.2, 0.25) is 5.89 Å². The van der Waals surface area contributed by atoms with Crippen LogP contribution >= 0.6 is 24.0 Å². The highest BCUT2D eigenvalue weighted by molar-refractivity contribution is 14.0. The summed E-state index contributed by atoms with van der Waals surface area (Å²) in [6.45, 7) is 4.73. The fourth-order valence-electron chi connectivity index (χ4n) is 3.75. The molecular formula is C24H30IN5O. The SMILES string of the molecule is CN=C(NCCCN1CCc2ccccc2C1)NCc1coc(-c2ccccc2)n1.I. The van der Waals surface area contributed by atoms with E-state index in [0.717, 1.165) is 56.2 Å². The van der Waals surface area contributed by atoms with Crippen molar-refractivity contribution in [3.8, 4) is 11.5 Å². The summed E-state index contributed by atoms with van der Waals surface area (Å²) >= 11 is 0. The van der Waals surface area contributed by atoms with E-state index in [1.807, 2.05) is 30.3 Å². The number of aliphatic imine (C=N–C) groups is 1. The second kappa shape index (κ2) is 11.9. The fraction of sp³-hybridized carbons (Fsp3) is 0.333. The standard InChI is InChI=1S/C24H29N5O.HI/c1-25-24(27-16-22-18-30-23(28-22)20-9-3-2-4-10-20)26-13-7-14-29-15-12-19-8-5-6-11-21(19)17-29;/h2-6,8-11,18H,7,12-17H2,1H3,(H2,25,26,27);1H. The molecule has 3 aromatic rings. The average Bonchev–Trinajstić information content (AvgIpc) is 3.28. The molecule has 0 bridgehead atoms. The van der Waals surface area contributed by atoms with Gasteiger partial charge >= 0.3 is 0 Å². The van der Waals surface area contributed by atoms with Gasteiger partial charge in [-0.1, -0.05) is 42.5 Å². The molecule has 1 aromatic heterocycles. The molecule has 0 fully saturated rings. The van der Waals surface area contributed by atoms with Crippen LogP contribution in [0.1, 0.15) is 23.2 Å². The maximum Gasteiger partial charge on any atom is 0.226 e. The Kier molecular flexibility index (Phi) is 8.90. The van der Waals surface area contributed by atoms with Crippen LogP contribution in [-0.4, -0.2) is 42.5 Å². The maximum absolute atomic E-state index is 5.59. The molecule has 0 aliphatic carbocycles. The van der Waals surface area contributed by atoms with Gasteiger partial charge in [0.1, 0.15) is 6.26 Å². The molecule has 0 saturated heterocycles. The molecule has 7 heteroatoms. The minimum absolute atomic E-state index is 0. The van der Waals surface area contributed by atoms with Crippen molar-refractivity contribution in [2.45, 2.75) is 25.9 Å². The quantitative estimate of drug-likeness (QED) is 0.208. The second-order valence-corrected chi connectivity index (χ2v) is 7.51. The number of rotatable bonds is 7. The van der Waals surface area contributed by atoms with Crippen molar-refractivity contribution < 1.29 is 4.42 Å². The summed E-state index contributed by atoms with van der Waals surface area (Å²) in [5.74, 6) is 1.42. The zero-order chi connectivity index (χ0) is 20.6. The third kappa shape index (κ3) is 6.54. The van der Waals surface area contributed by atoms with E-state index in [0.29, 0.717) is 12.4 Å². The van der Waals surface area contributed by atoms with Crippen molar-refractivity contribution >= 4 is 29.9 Å². The van der Waals surface area contributed by atoms with Crippen LogP contribution < -0.4 is 10.6 Å². The number of nitrogens with zero attached hydrogens (tertiary/aromatic N) is 3. The number of benzene rings is 2. The molecule has 2 aromatic carbocycles. The van der Waals surface area contributed by atoms with Crippen LogP contribution in [-0.2, 0) is 19.5 Å². The van der Waals surface area contributed by atoms with Crippen molar-refractivity contribution in [2.75, 3.05) is 26.7 Å². The van der Waals surface area contributed by atoms with Gasteiger partial charge in [0.25, 0.3) is 0 Å². The first-order valence-electron chi connectivity index (χ1n) is 10.6. The lowest BCUT2D eigenvalue weighted by Crippen LogP contribution is -2.39. The third-order valence-electron chi connectivity index (χ3n) is 5.39. The molecule has 0 unspecified atom stereocenters. The minimum atomic E-state index is 0. The monoisotopic (exact) mass is 531 g/mol. The molecular weight excluding hydrogens is 501 g/mol. The predicted molar refractivity (Wildman–Crippen MR) is 136 cm³/mol. The van der Waals surface area contributed by atoms with E-state index >= 15 is 0 Å². The Hall–Kier alpha value is -2.39. The zero-order valence-electron chi connectivity index (χ0n) is 17.9. The molecule has 4 rings (SSSR count). The van der Waals surface area contributed by atoms with Crippen LogP contribution in [0, 0.1) is 0 Å². The van der Waals surface area contributed by atoms with Gasteiger partial charge in [0.05, 0.1) is 12.2 Å². The molecule has 0 spiro atoms. The summed E-state index contributed by atoms with van der Waals surface area (Å²) in [5.41, 5.74) is 4.80. The van der Waals surface area contributed by atoms with Gasteiger partial charge in [0, 0.05) is 38.8 Å². The summed E-state index contributed by atoms with van der Waals surface area (Å²) in [6, 6.07) is 18.7. The Balaban J connectivity index is 0.00000272. The predicted octanol–water partition coefficient (Wildman–Crippen LogP) is 4.07. The van der Waals surface area contributed by atoms with Crippen molar-refractivity contribution in [3.63, 3.8) is 0 Å². The second-order valence-electron chi connectivity index (χ2n) is 7.51. The lowest BCUT2D eigenvalue weighted by Gasteiger charge is -2.28. The van der Waals surface area contributed by atoms with E-state index in [1.54, 1.807) is 13.3 Å². The molecule has 1 aliphatic heterocycles. The summed E-state index contributed by atoms with van der Waals surface area (Å²) in [5, 5.41) is 6.70. The maximum atomic E-state index is 5.59. The van der Waals surface area contributed by atoms with E-state index in [-0.39, 0.29) is 24.0 Å². The van der Waals surface area contributed by atoms with Crippen LogP contribution in [0.4, 0.5) is 0 Å². The number of hydrogen-bond donors (Lipinski definition) is 2. The average molecular weight is 531 g/mol. The van der Waals surface area contributed by atoms with Crippen LogP contribution in [0.15, 0.2) is 70.3 Å². The molecule has 1 aliphatic rings. The van der Waals surface area contributed by atoms with E-state index in [4.69, 9.17) is 4.42 Å². The lowest BCUT2D eigenvalue weighted by atomic mass is 10.00. The van der Waals surface area contributed by atoms with Crippen molar-refractivity contribution in [3.05, 3.63) is 77.7 Å². The van der Waals surface area contributed by atoms with Gasteiger partial charge in [-0.25, -0.2) is 4.98 Å².